The van der Waals surface area contributed by atoms with E-state index >= 15 is 0 Å². The van der Waals surface area contributed by atoms with Gasteiger partial charge >= 0.3 is 475 Å². The average molecular weight is 1470 g/mol. The van der Waals surface area contributed by atoms with Crippen molar-refractivity contribution in [3.8, 4) is 0 Å². The molecular formula is C60H92Ge2Te4. The molecule has 6 heteroatoms. The van der Waals surface area contributed by atoms with Gasteiger partial charge in [0.1, 0.15) is 0 Å². The zero-order valence-electron chi connectivity index (χ0n) is 46.2. The van der Waals surface area contributed by atoms with E-state index in [-0.39, 0.29) is 0 Å². The van der Waals surface area contributed by atoms with Gasteiger partial charge in [-0.2, -0.15) is 0 Å². The van der Waals surface area contributed by atoms with E-state index in [9.17, 15) is 0 Å². The summed E-state index contributed by atoms with van der Waals surface area (Å²) in [6.45, 7) is 56.8. The van der Waals surface area contributed by atoms with Crippen LogP contribution < -0.4 is 17.6 Å². The third kappa shape index (κ3) is 18.3. The fourth-order valence-electron chi connectivity index (χ4n) is 8.65. The Morgan fingerprint density at radius 3 is 0.394 bits per heavy atom. The SMILES string of the molecule is CC(C)c1cc(C(C)C)[c]([Ge][c]2c(C(C)C)cc(C(C)C)cc2C(C)C)c(C(C)C)c1.CC(C)c1cc(C(C)C)[c]([Ge][c]2c(C(C)C)cc(C(C)C)cc2C(C)C)c(C(C)C)c1.[Te][Te].[Te][Te]. The summed E-state index contributed by atoms with van der Waals surface area (Å²) >= 11 is 6.97. The average Bonchev–Trinajstić information content (AvgIpc) is 3.24. The molecule has 0 unspecified atom stereocenters. The molecule has 66 heavy (non-hydrogen) atoms. The van der Waals surface area contributed by atoms with Crippen molar-refractivity contribution >= 4 is 122 Å². The molecule has 0 saturated heterocycles. The summed E-state index contributed by atoms with van der Waals surface area (Å²) < 4.78 is 6.82. The van der Waals surface area contributed by atoms with E-state index < -0.39 is 30.9 Å². The van der Waals surface area contributed by atoms with Crippen LogP contribution in [0.5, 0.6) is 0 Å². The third-order valence-corrected chi connectivity index (χ3v) is 20.0. The molecule has 0 bridgehead atoms. The molecule has 4 aromatic carbocycles. The fourth-order valence-corrected chi connectivity index (χ4v) is 18.2. The van der Waals surface area contributed by atoms with Crippen LogP contribution in [0.2, 0.25) is 0 Å². The van der Waals surface area contributed by atoms with E-state index in [0.717, 1.165) is 0 Å². The van der Waals surface area contributed by atoms with Gasteiger partial charge in [0.25, 0.3) is 0 Å². The first kappa shape index (κ1) is 65.1. The summed E-state index contributed by atoms with van der Waals surface area (Å²) in [5.41, 5.74) is 18.9. The number of rotatable bonds is 16. The second-order valence-corrected chi connectivity index (χ2v) is 27.6. The van der Waals surface area contributed by atoms with Crippen LogP contribution in [0.4, 0.5) is 0 Å². The molecule has 0 atom stereocenters. The molecule has 0 amide bonds. The fraction of sp³-hybridized carbons (Fsp3) is 0.600. The van der Waals surface area contributed by atoms with Gasteiger partial charge in [0.2, 0.25) is 0 Å². The number of hydrogen-bond acceptors (Lipinski definition) is 0. The van der Waals surface area contributed by atoms with E-state index in [4.69, 9.17) is 0 Å². The molecule has 0 aliphatic carbocycles. The summed E-state index contributed by atoms with van der Waals surface area (Å²) in [5.74, 6) is 6.82. The van der Waals surface area contributed by atoms with Crippen LogP contribution in [0.15, 0.2) is 48.5 Å². The van der Waals surface area contributed by atoms with Gasteiger partial charge < -0.3 is 0 Å². The normalized spacial score (nSPS) is 11.9. The second-order valence-electron chi connectivity index (χ2n) is 22.4. The Balaban J connectivity index is 0.000000614. The van der Waals surface area contributed by atoms with Gasteiger partial charge in [0.15, 0.2) is 0 Å². The van der Waals surface area contributed by atoms with Crippen LogP contribution in [0.1, 0.15) is 304 Å². The van der Waals surface area contributed by atoms with Crippen LogP contribution in [-0.2, 0) is 0 Å². The van der Waals surface area contributed by atoms with Gasteiger partial charge in [0, 0.05) is 0 Å². The van der Waals surface area contributed by atoms with E-state index in [1.807, 2.05) is 73.7 Å². The van der Waals surface area contributed by atoms with Gasteiger partial charge in [-0.3, -0.25) is 0 Å². The number of hydrogen-bond donors (Lipinski definition) is 0. The van der Waals surface area contributed by atoms with E-state index in [1.165, 1.54) is 22.3 Å². The number of benzene rings is 4. The molecular weight excluding hydrogens is 1380 g/mol. The van der Waals surface area contributed by atoms with Gasteiger partial charge in [-0.05, 0) is 0 Å². The van der Waals surface area contributed by atoms with Crippen molar-refractivity contribution in [1.29, 1.82) is 0 Å². The third-order valence-electron chi connectivity index (χ3n) is 13.0. The quantitative estimate of drug-likeness (QED) is 0.0981. The second kappa shape index (κ2) is 31.0. The van der Waals surface area contributed by atoms with Crippen molar-refractivity contribution in [3.63, 3.8) is 0 Å². The Morgan fingerprint density at radius 1 is 0.212 bits per heavy atom. The Labute approximate surface area is 468 Å². The van der Waals surface area contributed by atoms with E-state index in [2.05, 4.69) is 215 Å². The topological polar surface area (TPSA) is 0 Å². The molecule has 0 fully saturated rings. The molecule has 4 rings (SSSR count). The summed E-state index contributed by atoms with van der Waals surface area (Å²) in [7, 11) is 0. The Kier molecular flexibility index (Phi) is 30.6. The van der Waals surface area contributed by atoms with Crippen LogP contribution in [0, 0.1) is 0 Å². The molecule has 0 aromatic heterocycles. The van der Waals surface area contributed by atoms with Crippen LogP contribution >= 0.6 is 0 Å². The first-order valence-corrected chi connectivity index (χ1v) is 44.1. The maximum atomic E-state index is 2.53. The van der Waals surface area contributed by atoms with Gasteiger partial charge in [-0.15, -0.1) is 0 Å². The Bertz CT molecular complexity index is 1670. The van der Waals surface area contributed by atoms with Crippen molar-refractivity contribution in [1.82, 2.24) is 0 Å². The van der Waals surface area contributed by atoms with E-state index in [1.54, 1.807) is 62.1 Å². The first-order valence-electron chi connectivity index (χ1n) is 25.3. The molecule has 0 N–H and O–H groups in total. The van der Waals surface area contributed by atoms with Crippen molar-refractivity contribution in [2.45, 2.75) is 237 Å². The molecule has 364 valence electrons. The standard InChI is InChI=1S/2C30H46Ge.2Te2/c2*1-17(2)23-13-25(19(5)6)29(26(14-23)20(7)8)31-30-27(21(9)10)15-24(18(3)4)16-28(30)22(11)12;2*1-2/h2*13-22H,1-12H3;;. The zero-order valence-corrected chi connectivity index (χ0v) is 59.7. The molecule has 4 aromatic rings. The predicted molar refractivity (Wildman–Crippen MR) is 308 cm³/mol. The Morgan fingerprint density at radius 2 is 0.318 bits per heavy atom. The predicted octanol–water partition coefficient (Wildman–Crippen LogP) is 14.6. The van der Waals surface area contributed by atoms with Crippen molar-refractivity contribution in [2.24, 2.45) is 0 Å². The molecule has 0 heterocycles. The minimum atomic E-state index is -0.436. The van der Waals surface area contributed by atoms with Crippen molar-refractivity contribution in [2.75, 3.05) is 0 Å². The molecule has 0 aliphatic heterocycles. The van der Waals surface area contributed by atoms with Crippen LogP contribution in [0.25, 0.3) is 0 Å². The zero-order chi connectivity index (χ0) is 51.2. The van der Waals surface area contributed by atoms with Gasteiger partial charge in [-0.1, -0.05) is 0 Å². The summed E-state index contributed by atoms with van der Waals surface area (Å²) in [6.07, 6.45) is 0. The van der Waals surface area contributed by atoms with Crippen molar-refractivity contribution < 1.29 is 0 Å². The monoisotopic (exact) mass is 1480 g/mol. The first-order chi connectivity index (χ1) is 30.7. The molecule has 0 nitrogen and oxygen atoms in total. The van der Waals surface area contributed by atoms with Gasteiger partial charge in [0.05, 0.1) is 0 Å². The van der Waals surface area contributed by atoms with Crippen LogP contribution in [0.3, 0.4) is 0 Å². The van der Waals surface area contributed by atoms with Crippen LogP contribution in [-0.4, -0.2) is 105 Å². The Hall–Kier alpha value is 1.12. The van der Waals surface area contributed by atoms with Crippen molar-refractivity contribution in [3.05, 3.63) is 115 Å². The molecule has 0 saturated carbocycles. The molecule has 8 radical (unpaired) electrons. The van der Waals surface area contributed by atoms with E-state index in [0.29, 0.717) is 71.0 Å². The maximum absolute atomic E-state index is 2.53. The molecule has 0 spiro atoms. The summed E-state index contributed by atoms with van der Waals surface area (Å²) in [6, 6.07) is 20.3. The van der Waals surface area contributed by atoms with Gasteiger partial charge in [-0.25, -0.2) is 0 Å². The summed E-state index contributed by atoms with van der Waals surface area (Å²) in [5, 5.41) is 0. The molecule has 0 aliphatic rings. The minimum absolute atomic E-state index is 0.436. The summed E-state index contributed by atoms with van der Waals surface area (Å²) in [4.78, 5) is 0.